The number of nitrogens with two attached hydrogens (primary N) is 1. The zero-order valence-electron chi connectivity index (χ0n) is 8.39. The fraction of sp³-hybridized carbons (Fsp3) is 0.364. The van der Waals surface area contributed by atoms with Gasteiger partial charge in [-0.15, -0.1) is 0 Å². The van der Waals surface area contributed by atoms with Crippen molar-refractivity contribution >= 4 is 23.1 Å². The monoisotopic (exact) mass is 219 g/mol. The Morgan fingerprint density at radius 3 is 3.20 bits per heavy atom. The number of hydrogen-bond acceptors (Lipinski definition) is 3. The SMILES string of the molecule is Nc1cccc2cnc(C3CCSC3)n12. The van der Waals surface area contributed by atoms with E-state index in [0.717, 1.165) is 17.2 Å². The second kappa shape index (κ2) is 3.45. The van der Waals surface area contributed by atoms with Gasteiger partial charge in [0.1, 0.15) is 11.6 Å². The molecule has 0 bridgehead atoms. The van der Waals surface area contributed by atoms with Gasteiger partial charge in [-0.2, -0.15) is 11.8 Å². The molecule has 0 aromatic carbocycles. The fourth-order valence-electron chi connectivity index (χ4n) is 2.12. The molecular formula is C11H13N3S. The molecule has 1 atom stereocenters. The molecule has 0 radical (unpaired) electrons. The highest BCUT2D eigenvalue weighted by molar-refractivity contribution is 7.99. The first-order valence-corrected chi connectivity index (χ1v) is 6.31. The van der Waals surface area contributed by atoms with Gasteiger partial charge in [-0.05, 0) is 24.3 Å². The van der Waals surface area contributed by atoms with E-state index in [1.165, 1.54) is 17.9 Å². The molecule has 15 heavy (non-hydrogen) atoms. The van der Waals surface area contributed by atoms with Gasteiger partial charge in [0.25, 0.3) is 0 Å². The van der Waals surface area contributed by atoms with E-state index in [1.54, 1.807) is 0 Å². The molecule has 3 rings (SSSR count). The highest BCUT2D eigenvalue weighted by Gasteiger charge is 2.22. The Morgan fingerprint density at radius 1 is 1.47 bits per heavy atom. The molecule has 3 heterocycles. The number of imidazole rings is 1. The van der Waals surface area contributed by atoms with Gasteiger partial charge >= 0.3 is 0 Å². The predicted molar refractivity (Wildman–Crippen MR) is 64.3 cm³/mol. The van der Waals surface area contributed by atoms with Crippen LogP contribution in [-0.4, -0.2) is 20.9 Å². The van der Waals surface area contributed by atoms with Crippen LogP contribution in [0.4, 0.5) is 5.82 Å². The van der Waals surface area contributed by atoms with E-state index in [4.69, 9.17) is 5.73 Å². The molecule has 78 valence electrons. The maximum atomic E-state index is 5.99. The van der Waals surface area contributed by atoms with E-state index >= 15 is 0 Å². The van der Waals surface area contributed by atoms with Gasteiger partial charge in [-0.3, -0.25) is 4.40 Å². The lowest BCUT2D eigenvalue weighted by Crippen LogP contribution is -2.06. The fourth-order valence-corrected chi connectivity index (χ4v) is 3.34. The summed E-state index contributed by atoms with van der Waals surface area (Å²) in [6.07, 6.45) is 3.13. The molecule has 1 aliphatic heterocycles. The second-order valence-electron chi connectivity index (χ2n) is 3.89. The standard InChI is InChI=1S/C11H13N3S/c12-10-3-1-2-9-6-13-11(14(9)10)8-4-5-15-7-8/h1-3,6,8H,4-5,7,12H2. The van der Waals surface area contributed by atoms with Crippen molar-refractivity contribution in [3.8, 4) is 0 Å². The third kappa shape index (κ3) is 1.40. The van der Waals surface area contributed by atoms with Crippen molar-refractivity contribution in [2.75, 3.05) is 17.2 Å². The summed E-state index contributed by atoms with van der Waals surface area (Å²) < 4.78 is 2.08. The van der Waals surface area contributed by atoms with Gasteiger partial charge < -0.3 is 5.73 Å². The topological polar surface area (TPSA) is 43.3 Å². The molecule has 1 fully saturated rings. The van der Waals surface area contributed by atoms with Crippen LogP contribution >= 0.6 is 11.8 Å². The molecule has 2 aromatic rings. The first-order chi connectivity index (χ1) is 7.36. The van der Waals surface area contributed by atoms with E-state index in [9.17, 15) is 0 Å². The minimum absolute atomic E-state index is 0.571. The lowest BCUT2D eigenvalue weighted by atomic mass is 10.1. The number of rotatable bonds is 1. The van der Waals surface area contributed by atoms with Gasteiger partial charge in [0.15, 0.2) is 0 Å². The Morgan fingerprint density at radius 2 is 2.40 bits per heavy atom. The van der Waals surface area contributed by atoms with Gasteiger partial charge in [-0.25, -0.2) is 4.98 Å². The van der Waals surface area contributed by atoms with Crippen molar-refractivity contribution < 1.29 is 0 Å². The Hall–Kier alpha value is -1.16. The lowest BCUT2D eigenvalue weighted by Gasteiger charge is -2.09. The van der Waals surface area contributed by atoms with Crippen molar-refractivity contribution in [2.24, 2.45) is 0 Å². The van der Waals surface area contributed by atoms with Crippen LogP contribution in [-0.2, 0) is 0 Å². The minimum atomic E-state index is 0.571. The number of fused-ring (bicyclic) bond motifs is 1. The van der Waals surface area contributed by atoms with Gasteiger partial charge in [-0.1, -0.05) is 6.07 Å². The summed E-state index contributed by atoms with van der Waals surface area (Å²) in [5.74, 6) is 4.91. The Bertz CT molecular complexity index is 486. The van der Waals surface area contributed by atoms with Crippen LogP contribution < -0.4 is 5.73 Å². The molecule has 0 spiro atoms. The number of pyridine rings is 1. The average Bonchev–Trinajstić information content (AvgIpc) is 2.85. The molecule has 2 aromatic heterocycles. The van der Waals surface area contributed by atoms with E-state index in [1.807, 2.05) is 30.1 Å². The molecule has 3 nitrogen and oxygen atoms in total. The Balaban J connectivity index is 2.18. The van der Waals surface area contributed by atoms with Crippen molar-refractivity contribution in [3.63, 3.8) is 0 Å². The zero-order valence-corrected chi connectivity index (χ0v) is 9.20. The third-order valence-corrected chi connectivity index (χ3v) is 4.07. The van der Waals surface area contributed by atoms with E-state index in [2.05, 4.69) is 15.5 Å². The maximum Gasteiger partial charge on any atom is 0.118 e. The molecule has 2 N–H and O–H groups in total. The first kappa shape index (κ1) is 9.09. The summed E-state index contributed by atoms with van der Waals surface area (Å²) >= 11 is 2.00. The largest absolute Gasteiger partial charge is 0.385 e. The number of hydrogen-bond donors (Lipinski definition) is 1. The highest BCUT2D eigenvalue weighted by atomic mass is 32.2. The Labute approximate surface area is 92.7 Å². The molecule has 1 unspecified atom stereocenters. The average molecular weight is 219 g/mol. The molecule has 0 aliphatic carbocycles. The molecule has 1 saturated heterocycles. The summed E-state index contributed by atoms with van der Waals surface area (Å²) in [4.78, 5) is 4.51. The number of nitrogen functional groups attached to an aromatic ring is 1. The number of nitrogens with zero attached hydrogens (tertiary/aromatic N) is 2. The van der Waals surface area contributed by atoms with Crippen LogP contribution in [0.2, 0.25) is 0 Å². The van der Waals surface area contributed by atoms with Crippen molar-refractivity contribution in [2.45, 2.75) is 12.3 Å². The van der Waals surface area contributed by atoms with Gasteiger partial charge in [0, 0.05) is 11.7 Å². The summed E-state index contributed by atoms with van der Waals surface area (Å²) in [6.45, 7) is 0. The second-order valence-corrected chi connectivity index (χ2v) is 5.04. The smallest absolute Gasteiger partial charge is 0.118 e. The molecule has 4 heteroatoms. The highest BCUT2D eigenvalue weighted by Crippen LogP contribution is 2.32. The summed E-state index contributed by atoms with van der Waals surface area (Å²) in [6, 6.07) is 5.95. The van der Waals surface area contributed by atoms with Gasteiger partial charge in [0.05, 0.1) is 11.7 Å². The quantitative estimate of drug-likeness (QED) is 0.799. The Kier molecular flexibility index (Phi) is 2.09. The first-order valence-electron chi connectivity index (χ1n) is 5.16. The van der Waals surface area contributed by atoms with E-state index in [0.29, 0.717) is 5.92 Å². The van der Waals surface area contributed by atoms with Crippen LogP contribution in [0, 0.1) is 0 Å². The summed E-state index contributed by atoms with van der Waals surface area (Å²) in [5.41, 5.74) is 7.08. The predicted octanol–water partition coefficient (Wildman–Crippen LogP) is 2.14. The number of thioether (sulfide) groups is 1. The molecule has 0 amide bonds. The third-order valence-electron chi connectivity index (χ3n) is 2.90. The lowest BCUT2D eigenvalue weighted by molar-refractivity contribution is 0.716. The minimum Gasteiger partial charge on any atom is -0.385 e. The summed E-state index contributed by atoms with van der Waals surface area (Å²) in [7, 11) is 0. The van der Waals surface area contributed by atoms with Crippen molar-refractivity contribution in [3.05, 3.63) is 30.2 Å². The number of anilines is 1. The number of aromatic nitrogens is 2. The normalized spacial score (nSPS) is 21.2. The van der Waals surface area contributed by atoms with Crippen LogP contribution in [0.15, 0.2) is 24.4 Å². The van der Waals surface area contributed by atoms with E-state index in [-0.39, 0.29) is 0 Å². The van der Waals surface area contributed by atoms with Gasteiger partial charge in [0.2, 0.25) is 0 Å². The van der Waals surface area contributed by atoms with Crippen molar-refractivity contribution in [1.29, 1.82) is 0 Å². The molecule has 1 aliphatic rings. The zero-order chi connectivity index (χ0) is 10.3. The van der Waals surface area contributed by atoms with E-state index < -0.39 is 0 Å². The van der Waals surface area contributed by atoms with Crippen LogP contribution in [0.1, 0.15) is 18.2 Å². The van der Waals surface area contributed by atoms with Crippen LogP contribution in [0.5, 0.6) is 0 Å². The molecule has 0 saturated carbocycles. The van der Waals surface area contributed by atoms with Crippen molar-refractivity contribution in [1.82, 2.24) is 9.38 Å². The molecular weight excluding hydrogens is 206 g/mol. The maximum absolute atomic E-state index is 5.99. The summed E-state index contributed by atoms with van der Waals surface area (Å²) in [5, 5.41) is 0. The van der Waals surface area contributed by atoms with Crippen LogP contribution in [0.3, 0.4) is 0 Å². The van der Waals surface area contributed by atoms with Crippen LogP contribution in [0.25, 0.3) is 5.52 Å².